The van der Waals surface area contributed by atoms with Gasteiger partial charge in [0.1, 0.15) is 16.8 Å². The van der Waals surface area contributed by atoms with Crippen LogP contribution in [0.15, 0.2) is 12.3 Å². The highest BCUT2D eigenvalue weighted by molar-refractivity contribution is 7.71. The van der Waals surface area contributed by atoms with Gasteiger partial charge in [-0.3, -0.25) is 0 Å². The molecule has 0 amide bonds. The van der Waals surface area contributed by atoms with Crippen molar-refractivity contribution in [2.24, 2.45) is 0 Å². The third-order valence-corrected chi connectivity index (χ3v) is 1.49. The Morgan fingerprint density at radius 3 is 2.64 bits per heavy atom. The first-order valence-corrected chi connectivity index (χ1v) is 3.21. The number of hydrogen-bond donors (Lipinski definition) is 1. The van der Waals surface area contributed by atoms with Gasteiger partial charge in [0.15, 0.2) is 0 Å². The van der Waals surface area contributed by atoms with Gasteiger partial charge in [-0.1, -0.05) is 12.2 Å². The lowest BCUT2D eigenvalue weighted by Crippen LogP contribution is -1.83. The molecule has 0 aromatic carbocycles. The summed E-state index contributed by atoms with van der Waals surface area (Å²) in [5.74, 6) is 0. The molecule has 1 aromatic rings. The Kier molecular flexibility index (Phi) is 2.00. The van der Waals surface area contributed by atoms with Crippen molar-refractivity contribution in [1.29, 1.82) is 10.5 Å². The van der Waals surface area contributed by atoms with E-state index in [2.05, 4.69) is 4.98 Å². The highest BCUT2D eigenvalue weighted by Crippen LogP contribution is 2.01. The van der Waals surface area contributed by atoms with Gasteiger partial charge in [-0.2, -0.15) is 10.5 Å². The number of nitrogens with zero attached hydrogens (tertiary/aromatic N) is 2. The van der Waals surface area contributed by atoms with Crippen LogP contribution in [0.3, 0.4) is 0 Å². The van der Waals surface area contributed by atoms with E-state index in [9.17, 15) is 0 Å². The first-order chi connectivity index (χ1) is 5.27. The smallest absolute Gasteiger partial charge is 0.121 e. The molecule has 0 unspecified atom stereocenters. The second kappa shape index (κ2) is 2.96. The number of hydrogen-bond acceptors (Lipinski definition) is 3. The maximum Gasteiger partial charge on any atom is 0.121 e. The van der Waals surface area contributed by atoms with Crippen LogP contribution in [0.5, 0.6) is 0 Å². The van der Waals surface area contributed by atoms with Crippen LogP contribution < -0.4 is 0 Å². The van der Waals surface area contributed by atoms with E-state index in [1.165, 1.54) is 12.3 Å². The highest BCUT2D eigenvalue weighted by Gasteiger charge is 1.95. The average Bonchev–Trinajstić information content (AvgIpc) is 2.05. The molecule has 0 aliphatic rings. The molecule has 1 rings (SSSR count). The first-order valence-electron chi connectivity index (χ1n) is 2.81. The maximum atomic E-state index is 8.49. The third kappa shape index (κ3) is 1.43. The molecule has 0 fully saturated rings. The Morgan fingerprint density at radius 2 is 2.09 bits per heavy atom. The van der Waals surface area contributed by atoms with Crippen molar-refractivity contribution >= 4 is 12.2 Å². The van der Waals surface area contributed by atoms with Gasteiger partial charge in [0.2, 0.25) is 0 Å². The standard InChI is InChI=1S/C7H3N3S/c8-2-5-1-6(3-9)7(11)10-4-5/h1,4H,(H,10,11). The number of aromatic nitrogens is 1. The van der Waals surface area contributed by atoms with Crippen molar-refractivity contribution in [3.05, 3.63) is 28.0 Å². The summed E-state index contributed by atoms with van der Waals surface area (Å²) in [6, 6.07) is 5.24. The van der Waals surface area contributed by atoms with E-state index in [1.54, 1.807) is 0 Å². The SMILES string of the molecule is N#Cc1c[nH]c(=S)c(C#N)c1. The minimum atomic E-state index is 0.332. The van der Waals surface area contributed by atoms with Gasteiger partial charge >= 0.3 is 0 Å². The molecule has 0 radical (unpaired) electrons. The van der Waals surface area contributed by atoms with Crippen LogP contribution in [0, 0.1) is 27.3 Å². The van der Waals surface area contributed by atoms with Crippen molar-refractivity contribution in [3.8, 4) is 12.1 Å². The van der Waals surface area contributed by atoms with E-state index in [-0.39, 0.29) is 0 Å². The predicted molar refractivity (Wildman–Crippen MR) is 41.1 cm³/mol. The topological polar surface area (TPSA) is 63.4 Å². The third-order valence-electron chi connectivity index (χ3n) is 1.15. The van der Waals surface area contributed by atoms with E-state index >= 15 is 0 Å². The van der Waals surface area contributed by atoms with E-state index in [4.69, 9.17) is 22.7 Å². The summed E-state index contributed by atoms with van der Waals surface area (Å²) < 4.78 is 0.367. The summed E-state index contributed by atoms with van der Waals surface area (Å²) >= 11 is 4.77. The van der Waals surface area contributed by atoms with Gasteiger partial charge in [-0.25, -0.2) is 0 Å². The molecule has 0 saturated carbocycles. The molecule has 0 spiro atoms. The van der Waals surface area contributed by atoms with Crippen molar-refractivity contribution in [1.82, 2.24) is 4.98 Å². The van der Waals surface area contributed by atoms with Gasteiger partial charge in [-0.15, -0.1) is 0 Å². The molecule has 52 valence electrons. The molecule has 1 aromatic heterocycles. The molecule has 4 heteroatoms. The Morgan fingerprint density at radius 1 is 1.36 bits per heavy atom. The lowest BCUT2D eigenvalue weighted by molar-refractivity contribution is 1.25. The molecule has 0 saturated heterocycles. The lowest BCUT2D eigenvalue weighted by Gasteiger charge is -1.89. The van der Waals surface area contributed by atoms with Crippen LogP contribution >= 0.6 is 12.2 Å². The molecule has 11 heavy (non-hydrogen) atoms. The second-order valence-electron chi connectivity index (χ2n) is 1.85. The van der Waals surface area contributed by atoms with Crippen molar-refractivity contribution in [2.75, 3.05) is 0 Å². The van der Waals surface area contributed by atoms with Crippen LogP contribution in [-0.4, -0.2) is 4.98 Å². The number of nitrogens with one attached hydrogen (secondary N) is 1. The molecule has 1 N–H and O–H groups in total. The molecule has 0 bridgehead atoms. The van der Waals surface area contributed by atoms with E-state index < -0.39 is 0 Å². The summed E-state index contributed by atoms with van der Waals surface area (Å²) in [4.78, 5) is 2.64. The Labute approximate surface area is 68.5 Å². The normalized spacial score (nSPS) is 8.18. The van der Waals surface area contributed by atoms with Crippen LogP contribution in [0.2, 0.25) is 0 Å². The molecule has 0 atom stereocenters. The summed E-state index contributed by atoms with van der Waals surface area (Å²) in [6.45, 7) is 0. The van der Waals surface area contributed by atoms with Crippen LogP contribution in [-0.2, 0) is 0 Å². The fourth-order valence-electron chi connectivity index (χ4n) is 0.631. The van der Waals surface area contributed by atoms with Gasteiger partial charge in [0.05, 0.1) is 11.1 Å². The Balaban J connectivity index is 3.41. The molecular weight excluding hydrogens is 158 g/mol. The van der Waals surface area contributed by atoms with E-state index in [0.29, 0.717) is 15.8 Å². The van der Waals surface area contributed by atoms with Crippen LogP contribution in [0.25, 0.3) is 0 Å². The van der Waals surface area contributed by atoms with Crippen molar-refractivity contribution in [2.45, 2.75) is 0 Å². The number of H-pyrrole nitrogens is 1. The summed E-state index contributed by atoms with van der Waals surface area (Å²) in [5, 5.41) is 16.9. The average molecular weight is 161 g/mol. The zero-order valence-electron chi connectivity index (χ0n) is 5.46. The van der Waals surface area contributed by atoms with Crippen molar-refractivity contribution < 1.29 is 0 Å². The monoisotopic (exact) mass is 161 g/mol. The second-order valence-corrected chi connectivity index (χ2v) is 2.26. The zero-order valence-corrected chi connectivity index (χ0v) is 6.27. The van der Waals surface area contributed by atoms with Crippen LogP contribution in [0.4, 0.5) is 0 Å². The fourth-order valence-corrected chi connectivity index (χ4v) is 0.795. The summed E-state index contributed by atoms with van der Waals surface area (Å²) in [7, 11) is 0. The van der Waals surface area contributed by atoms with Crippen LogP contribution in [0.1, 0.15) is 11.1 Å². The minimum absolute atomic E-state index is 0.332. The lowest BCUT2D eigenvalue weighted by atomic mass is 10.2. The maximum absolute atomic E-state index is 8.49. The number of aromatic amines is 1. The number of nitriles is 2. The quantitative estimate of drug-likeness (QED) is 0.586. The predicted octanol–water partition coefficient (Wildman–Crippen LogP) is 1.49. The summed E-state index contributed by atoms with van der Waals surface area (Å²) in [6.07, 6.45) is 1.48. The fraction of sp³-hybridized carbons (Fsp3) is 0. The molecular formula is C7H3N3S. The van der Waals surface area contributed by atoms with Gasteiger partial charge < -0.3 is 4.98 Å². The largest absolute Gasteiger partial charge is 0.350 e. The Hall–Kier alpha value is -1.65. The minimum Gasteiger partial charge on any atom is -0.350 e. The van der Waals surface area contributed by atoms with Gasteiger partial charge in [0.25, 0.3) is 0 Å². The molecule has 1 heterocycles. The summed E-state index contributed by atoms with van der Waals surface area (Å²) in [5.41, 5.74) is 0.745. The van der Waals surface area contributed by atoms with Gasteiger partial charge in [0, 0.05) is 6.20 Å². The number of rotatable bonds is 0. The molecule has 0 aliphatic heterocycles. The number of pyridine rings is 1. The highest BCUT2D eigenvalue weighted by atomic mass is 32.1. The first kappa shape index (κ1) is 7.46. The van der Waals surface area contributed by atoms with Gasteiger partial charge in [-0.05, 0) is 6.07 Å². The van der Waals surface area contributed by atoms with Crippen molar-refractivity contribution in [3.63, 3.8) is 0 Å². The molecule has 3 nitrogen and oxygen atoms in total. The Bertz CT molecular complexity index is 405. The zero-order chi connectivity index (χ0) is 8.27. The molecule has 0 aliphatic carbocycles. The van der Waals surface area contributed by atoms with E-state index in [1.807, 2.05) is 12.1 Å². The van der Waals surface area contributed by atoms with E-state index in [0.717, 1.165) is 0 Å².